The van der Waals surface area contributed by atoms with E-state index in [0.717, 1.165) is 12.0 Å². The molecule has 1 N–H and O–H groups in total. The molecule has 94 valence electrons. The highest BCUT2D eigenvalue weighted by atomic mass is 35.5. The number of halogens is 2. The fraction of sp³-hybridized carbons (Fsp3) is 0.200. The van der Waals surface area contributed by atoms with Gasteiger partial charge >= 0.3 is 0 Å². The molecule has 2 rings (SSSR count). The van der Waals surface area contributed by atoms with Crippen LogP contribution in [0, 0.1) is 0 Å². The highest BCUT2D eigenvalue weighted by molar-refractivity contribution is 6.33. The van der Waals surface area contributed by atoms with E-state index in [1.807, 2.05) is 24.3 Å². The van der Waals surface area contributed by atoms with Crippen molar-refractivity contribution in [2.45, 2.75) is 19.4 Å². The molecule has 0 saturated carbocycles. The van der Waals surface area contributed by atoms with Crippen molar-refractivity contribution < 1.29 is 5.11 Å². The van der Waals surface area contributed by atoms with Crippen LogP contribution < -0.4 is 0 Å². The molecule has 0 spiro atoms. The summed E-state index contributed by atoms with van der Waals surface area (Å²) in [5.74, 6) is 0. The van der Waals surface area contributed by atoms with Gasteiger partial charge < -0.3 is 5.11 Å². The number of rotatable bonds is 3. The first kappa shape index (κ1) is 13.4. The van der Waals surface area contributed by atoms with Crippen molar-refractivity contribution >= 4 is 23.2 Å². The standard InChI is InChI=1S/C15H14Cl2O/c1-2-10-4-3-5-11(8-10)15(18)13-9-12(16)6-7-14(13)17/h3-9,15,18H,2H2,1H3. The summed E-state index contributed by atoms with van der Waals surface area (Å²) in [6.07, 6.45) is 0.187. The van der Waals surface area contributed by atoms with Gasteiger partial charge in [0.15, 0.2) is 0 Å². The van der Waals surface area contributed by atoms with E-state index in [0.29, 0.717) is 15.6 Å². The van der Waals surface area contributed by atoms with Gasteiger partial charge in [-0.1, -0.05) is 54.4 Å². The molecule has 1 atom stereocenters. The van der Waals surface area contributed by atoms with Gasteiger partial charge in [-0.15, -0.1) is 0 Å². The molecule has 0 aliphatic heterocycles. The van der Waals surface area contributed by atoms with Crippen LogP contribution in [0.25, 0.3) is 0 Å². The fourth-order valence-electron chi connectivity index (χ4n) is 1.89. The molecule has 0 amide bonds. The fourth-order valence-corrected chi connectivity index (χ4v) is 2.29. The van der Waals surface area contributed by atoms with Gasteiger partial charge in [0.25, 0.3) is 0 Å². The predicted octanol–water partition coefficient (Wildman–Crippen LogP) is 4.64. The first-order valence-corrected chi connectivity index (χ1v) is 6.59. The van der Waals surface area contributed by atoms with Gasteiger partial charge in [-0.05, 0) is 35.7 Å². The number of benzene rings is 2. The monoisotopic (exact) mass is 280 g/mol. The smallest absolute Gasteiger partial charge is 0.106 e. The first-order valence-electron chi connectivity index (χ1n) is 5.83. The minimum absolute atomic E-state index is 0.522. The van der Waals surface area contributed by atoms with Crippen molar-refractivity contribution in [3.05, 3.63) is 69.2 Å². The summed E-state index contributed by atoms with van der Waals surface area (Å²) in [6.45, 7) is 2.08. The second kappa shape index (κ2) is 5.75. The number of aryl methyl sites for hydroxylation is 1. The van der Waals surface area contributed by atoms with E-state index in [1.54, 1.807) is 18.2 Å². The normalized spacial score (nSPS) is 12.4. The van der Waals surface area contributed by atoms with E-state index in [-0.39, 0.29) is 0 Å². The first-order chi connectivity index (χ1) is 8.61. The van der Waals surface area contributed by atoms with Crippen molar-refractivity contribution in [2.24, 2.45) is 0 Å². The third-order valence-corrected chi connectivity index (χ3v) is 3.51. The van der Waals surface area contributed by atoms with E-state index in [4.69, 9.17) is 23.2 Å². The molecule has 1 unspecified atom stereocenters. The number of hydrogen-bond donors (Lipinski definition) is 1. The molecule has 0 aliphatic carbocycles. The highest BCUT2D eigenvalue weighted by Gasteiger charge is 2.14. The minimum Gasteiger partial charge on any atom is -0.384 e. The van der Waals surface area contributed by atoms with Crippen LogP contribution in [-0.2, 0) is 6.42 Å². The summed E-state index contributed by atoms with van der Waals surface area (Å²) < 4.78 is 0. The zero-order chi connectivity index (χ0) is 13.1. The van der Waals surface area contributed by atoms with Crippen LogP contribution in [0.3, 0.4) is 0 Å². The second-order valence-electron chi connectivity index (χ2n) is 4.17. The quantitative estimate of drug-likeness (QED) is 0.869. The predicted molar refractivity (Wildman–Crippen MR) is 76.3 cm³/mol. The van der Waals surface area contributed by atoms with Crippen LogP contribution in [0.15, 0.2) is 42.5 Å². The van der Waals surface area contributed by atoms with Crippen LogP contribution >= 0.6 is 23.2 Å². The lowest BCUT2D eigenvalue weighted by Gasteiger charge is -2.14. The third-order valence-electron chi connectivity index (χ3n) is 2.93. The Morgan fingerprint density at radius 2 is 1.89 bits per heavy atom. The summed E-state index contributed by atoms with van der Waals surface area (Å²) in [6, 6.07) is 13.0. The Hall–Kier alpha value is -1.02. The maximum atomic E-state index is 10.4. The van der Waals surface area contributed by atoms with Crippen molar-refractivity contribution in [1.29, 1.82) is 0 Å². The molecule has 0 saturated heterocycles. The zero-order valence-electron chi connectivity index (χ0n) is 10.0. The Labute approximate surface area is 117 Å². The molecule has 0 aromatic heterocycles. The SMILES string of the molecule is CCc1cccc(C(O)c2cc(Cl)ccc2Cl)c1. The lowest BCUT2D eigenvalue weighted by Crippen LogP contribution is -2.01. The largest absolute Gasteiger partial charge is 0.384 e. The molecule has 1 nitrogen and oxygen atoms in total. The second-order valence-corrected chi connectivity index (χ2v) is 5.01. The number of aliphatic hydroxyl groups excluding tert-OH is 1. The minimum atomic E-state index is -0.747. The molecule has 2 aromatic rings. The van der Waals surface area contributed by atoms with Crippen LogP contribution in [0.4, 0.5) is 0 Å². The summed E-state index contributed by atoms with van der Waals surface area (Å²) >= 11 is 12.0. The Balaban J connectivity index is 2.40. The molecule has 0 heterocycles. The van der Waals surface area contributed by atoms with Gasteiger partial charge in [-0.25, -0.2) is 0 Å². The van der Waals surface area contributed by atoms with Gasteiger partial charge in [0.1, 0.15) is 6.10 Å². The van der Waals surface area contributed by atoms with E-state index in [9.17, 15) is 5.11 Å². The summed E-state index contributed by atoms with van der Waals surface area (Å²) in [7, 11) is 0. The van der Waals surface area contributed by atoms with E-state index < -0.39 is 6.10 Å². The number of hydrogen-bond acceptors (Lipinski definition) is 1. The number of aliphatic hydroxyl groups is 1. The highest BCUT2D eigenvalue weighted by Crippen LogP contribution is 2.30. The van der Waals surface area contributed by atoms with Crippen molar-refractivity contribution in [2.75, 3.05) is 0 Å². The lowest BCUT2D eigenvalue weighted by atomic mass is 9.99. The molecule has 3 heteroatoms. The van der Waals surface area contributed by atoms with Gasteiger partial charge in [0, 0.05) is 15.6 Å². The van der Waals surface area contributed by atoms with Gasteiger partial charge in [0.05, 0.1) is 0 Å². The molecule has 2 aromatic carbocycles. The van der Waals surface area contributed by atoms with Gasteiger partial charge in [-0.3, -0.25) is 0 Å². The van der Waals surface area contributed by atoms with E-state index in [2.05, 4.69) is 6.92 Å². The third kappa shape index (κ3) is 2.86. The Morgan fingerprint density at radius 1 is 1.11 bits per heavy atom. The molecule has 18 heavy (non-hydrogen) atoms. The average molecular weight is 281 g/mol. The molecule has 0 bridgehead atoms. The maximum absolute atomic E-state index is 10.4. The lowest BCUT2D eigenvalue weighted by molar-refractivity contribution is 0.220. The molecular weight excluding hydrogens is 267 g/mol. The molecule has 0 aliphatic rings. The van der Waals surface area contributed by atoms with Gasteiger partial charge in [-0.2, -0.15) is 0 Å². The topological polar surface area (TPSA) is 20.2 Å². The average Bonchev–Trinajstić information content (AvgIpc) is 2.41. The Bertz CT molecular complexity index is 552. The van der Waals surface area contributed by atoms with Crippen molar-refractivity contribution in [3.63, 3.8) is 0 Å². The summed E-state index contributed by atoms with van der Waals surface area (Å²) in [5.41, 5.74) is 2.65. The molecule has 0 radical (unpaired) electrons. The molecular formula is C15H14Cl2O. The summed E-state index contributed by atoms with van der Waals surface area (Å²) in [5, 5.41) is 11.5. The van der Waals surface area contributed by atoms with Crippen LogP contribution in [0.1, 0.15) is 29.7 Å². The van der Waals surface area contributed by atoms with Crippen LogP contribution in [0.2, 0.25) is 10.0 Å². The van der Waals surface area contributed by atoms with Crippen LogP contribution in [-0.4, -0.2) is 5.11 Å². The van der Waals surface area contributed by atoms with Gasteiger partial charge in [0.2, 0.25) is 0 Å². The zero-order valence-corrected chi connectivity index (χ0v) is 11.5. The van der Waals surface area contributed by atoms with E-state index >= 15 is 0 Å². The Morgan fingerprint density at radius 3 is 2.61 bits per heavy atom. The molecule has 0 fully saturated rings. The van der Waals surface area contributed by atoms with Crippen molar-refractivity contribution in [3.8, 4) is 0 Å². The Kier molecular flexibility index (Phi) is 4.28. The van der Waals surface area contributed by atoms with Crippen molar-refractivity contribution in [1.82, 2.24) is 0 Å². The van der Waals surface area contributed by atoms with Crippen LogP contribution in [0.5, 0.6) is 0 Å². The summed E-state index contributed by atoms with van der Waals surface area (Å²) in [4.78, 5) is 0. The maximum Gasteiger partial charge on any atom is 0.106 e. The van der Waals surface area contributed by atoms with E-state index in [1.165, 1.54) is 5.56 Å².